The van der Waals surface area contributed by atoms with Gasteiger partial charge in [-0.25, -0.2) is 4.98 Å². The van der Waals surface area contributed by atoms with Crippen molar-refractivity contribution in [2.45, 2.75) is 49.7 Å². The third-order valence-electron chi connectivity index (χ3n) is 5.77. The van der Waals surface area contributed by atoms with Gasteiger partial charge in [-0.1, -0.05) is 36.2 Å². The maximum Gasteiger partial charge on any atom is 0.233 e. The quantitative estimate of drug-likeness (QED) is 0.725. The van der Waals surface area contributed by atoms with Crippen LogP contribution < -0.4 is 4.74 Å². The van der Waals surface area contributed by atoms with E-state index < -0.39 is 0 Å². The summed E-state index contributed by atoms with van der Waals surface area (Å²) in [5.74, 6) is 2.52. The van der Waals surface area contributed by atoms with E-state index in [1.165, 1.54) is 37.4 Å². The molecule has 1 aromatic heterocycles. The number of carbonyl (C=O) groups excluding carboxylic acids is 1. The predicted molar refractivity (Wildman–Crippen MR) is 111 cm³/mol. The van der Waals surface area contributed by atoms with Gasteiger partial charge in [0.25, 0.3) is 0 Å². The molecule has 0 spiro atoms. The summed E-state index contributed by atoms with van der Waals surface area (Å²) >= 11 is 7.48. The first-order valence-electron chi connectivity index (χ1n) is 9.84. The van der Waals surface area contributed by atoms with Crippen molar-refractivity contribution >= 4 is 29.3 Å². The number of carbonyl (C=O) groups is 1. The summed E-state index contributed by atoms with van der Waals surface area (Å²) in [6, 6.07) is 5.80. The molecule has 150 valence electrons. The van der Waals surface area contributed by atoms with Crippen molar-refractivity contribution in [3.8, 4) is 17.1 Å². The van der Waals surface area contributed by atoms with Gasteiger partial charge in [0.15, 0.2) is 5.82 Å². The van der Waals surface area contributed by atoms with E-state index in [4.69, 9.17) is 16.3 Å². The van der Waals surface area contributed by atoms with Crippen molar-refractivity contribution in [3.05, 3.63) is 23.2 Å². The minimum Gasteiger partial charge on any atom is -0.496 e. The van der Waals surface area contributed by atoms with Gasteiger partial charge >= 0.3 is 0 Å². The summed E-state index contributed by atoms with van der Waals surface area (Å²) in [4.78, 5) is 19.5. The van der Waals surface area contributed by atoms with Gasteiger partial charge in [0.2, 0.25) is 11.1 Å². The molecule has 0 radical (unpaired) electrons. The molecule has 1 saturated carbocycles. The molecule has 6 nitrogen and oxygen atoms in total. The Kier molecular flexibility index (Phi) is 6.11. The number of likely N-dealkylation sites (tertiary alicyclic amines) is 1. The zero-order chi connectivity index (χ0) is 19.5. The Bertz CT molecular complexity index is 841. The number of ether oxygens (including phenoxy) is 1. The number of hydrogen-bond donors (Lipinski definition) is 1. The molecule has 28 heavy (non-hydrogen) atoms. The zero-order valence-corrected chi connectivity index (χ0v) is 17.6. The van der Waals surface area contributed by atoms with Crippen LogP contribution in [0.3, 0.4) is 0 Å². The smallest absolute Gasteiger partial charge is 0.233 e. The van der Waals surface area contributed by atoms with Crippen LogP contribution in [0.15, 0.2) is 23.4 Å². The summed E-state index contributed by atoms with van der Waals surface area (Å²) < 4.78 is 5.38. The number of thioether (sulfide) groups is 1. The maximum absolute atomic E-state index is 12.9. The minimum absolute atomic E-state index is 0.202. The molecule has 1 aromatic carbocycles. The molecule has 2 aliphatic rings. The molecule has 1 saturated heterocycles. The average Bonchev–Trinajstić information content (AvgIpc) is 3.20. The number of benzene rings is 1. The standard InChI is InChI=1S/C20H25ClN4O2S/c1-27-17-9-8-14(21)11-15(17)19-22-20(24-23-19)28-12-18(26)25-10-4-6-13-5-2-3-7-16(13)25/h8-9,11,13,16H,2-7,10,12H2,1H3,(H,22,23,24)/t13-,16+/m1/s1. The second kappa shape index (κ2) is 8.74. The van der Waals surface area contributed by atoms with Crippen LogP contribution in [-0.2, 0) is 4.79 Å². The molecule has 2 atom stereocenters. The van der Waals surface area contributed by atoms with Crippen molar-refractivity contribution in [3.63, 3.8) is 0 Å². The monoisotopic (exact) mass is 420 g/mol. The Morgan fingerprint density at radius 1 is 1.32 bits per heavy atom. The number of rotatable bonds is 5. The molecular weight excluding hydrogens is 396 g/mol. The van der Waals surface area contributed by atoms with Crippen LogP contribution in [0.2, 0.25) is 5.02 Å². The molecule has 1 aliphatic carbocycles. The Morgan fingerprint density at radius 3 is 3.00 bits per heavy atom. The number of hydrogen-bond acceptors (Lipinski definition) is 5. The molecule has 0 bridgehead atoms. The van der Waals surface area contributed by atoms with E-state index in [0.29, 0.717) is 39.5 Å². The highest BCUT2D eigenvalue weighted by Crippen LogP contribution is 2.36. The van der Waals surface area contributed by atoms with Gasteiger partial charge in [0, 0.05) is 17.6 Å². The zero-order valence-electron chi connectivity index (χ0n) is 16.0. The van der Waals surface area contributed by atoms with E-state index in [-0.39, 0.29) is 5.91 Å². The first-order chi connectivity index (χ1) is 13.7. The molecule has 8 heteroatoms. The molecule has 2 aromatic rings. The fraction of sp³-hybridized carbons (Fsp3) is 0.550. The topological polar surface area (TPSA) is 71.1 Å². The summed E-state index contributed by atoms with van der Waals surface area (Å²) in [5, 5.41) is 8.34. The fourth-order valence-electron chi connectivity index (χ4n) is 4.44. The molecule has 0 unspecified atom stereocenters. The molecule has 4 rings (SSSR count). The SMILES string of the molecule is COc1ccc(Cl)cc1-c1nc(SCC(=O)N2CCC[C@H]3CCCC[C@@H]32)n[nH]1. The van der Waals surface area contributed by atoms with Crippen molar-refractivity contribution in [1.29, 1.82) is 0 Å². The summed E-state index contributed by atoms with van der Waals surface area (Å²) in [7, 11) is 1.61. The number of nitrogens with zero attached hydrogens (tertiary/aromatic N) is 3. The van der Waals surface area contributed by atoms with E-state index in [9.17, 15) is 4.79 Å². The number of piperidine rings is 1. The first kappa shape index (κ1) is 19.6. The summed E-state index contributed by atoms with van der Waals surface area (Å²) in [6.07, 6.45) is 7.37. The van der Waals surface area contributed by atoms with E-state index in [2.05, 4.69) is 20.1 Å². The Balaban J connectivity index is 1.41. The van der Waals surface area contributed by atoms with E-state index in [1.54, 1.807) is 25.3 Å². The van der Waals surface area contributed by atoms with Crippen LogP contribution in [0, 0.1) is 5.92 Å². The number of nitrogens with one attached hydrogen (secondary N) is 1. The van der Waals surface area contributed by atoms with Gasteiger partial charge in [-0.05, 0) is 49.8 Å². The Hall–Kier alpha value is -1.73. The van der Waals surface area contributed by atoms with Gasteiger partial charge in [-0.3, -0.25) is 9.89 Å². The van der Waals surface area contributed by atoms with E-state index in [0.717, 1.165) is 24.9 Å². The van der Waals surface area contributed by atoms with E-state index in [1.807, 2.05) is 0 Å². The summed E-state index contributed by atoms with van der Waals surface area (Å²) in [5.41, 5.74) is 0.752. The minimum atomic E-state index is 0.202. The number of fused-ring (bicyclic) bond motifs is 1. The molecule has 2 fully saturated rings. The lowest BCUT2D eigenvalue weighted by Gasteiger charge is -2.44. The van der Waals surface area contributed by atoms with Gasteiger partial charge in [0.05, 0.1) is 18.4 Å². The number of H-pyrrole nitrogens is 1. The average molecular weight is 421 g/mol. The van der Waals surface area contributed by atoms with Crippen LogP contribution in [0.25, 0.3) is 11.4 Å². The number of aromatic nitrogens is 3. The molecule has 2 heterocycles. The Labute approximate surface area is 174 Å². The second-order valence-corrected chi connectivity index (χ2v) is 8.82. The Morgan fingerprint density at radius 2 is 2.14 bits per heavy atom. The number of amides is 1. The largest absolute Gasteiger partial charge is 0.496 e. The third kappa shape index (κ3) is 4.15. The van der Waals surface area contributed by atoms with Gasteiger partial charge in [-0.2, -0.15) is 0 Å². The van der Waals surface area contributed by atoms with Gasteiger partial charge in [0.1, 0.15) is 5.75 Å². The maximum atomic E-state index is 12.9. The number of halogens is 1. The normalized spacial score (nSPS) is 22.0. The highest BCUT2D eigenvalue weighted by molar-refractivity contribution is 7.99. The molecule has 1 aliphatic heterocycles. The lowest BCUT2D eigenvalue weighted by atomic mass is 9.78. The van der Waals surface area contributed by atoms with Crippen molar-refractivity contribution in [1.82, 2.24) is 20.1 Å². The van der Waals surface area contributed by atoms with Crippen LogP contribution in [0.4, 0.5) is 0 Å². The summed E-state index contributed by atoms with van der Waals surface area (Å²) in [6.45, 7) is 0.888. The van der Waals surface area contributed by atoms with Crippen molar-refractivity contribution in [2.24, 2.45) is 5.92 Å². The lowest BCUT2D eigenvalue weighted by molar-refractivity contribution is -0.134. The first-order valence-corrected chi connectivity index (χ1v) is 11.2. The van der Waals surface area contributed by atoms with Gasteiger partial charge in [-0.15, -0.1) is 5.10 Å². The molecular formula is C20H25ClN4O2S. The van der Waals surface area contributed by atoms with Crippen LogP contribution >= 0.6 is 23.4 Å². The second-order valence-electron chi connectivity index (χ2n) is 7.44. The van der Waals surface area contributed by atoms with Crippen LogP contribution in [0.5, 0.6) is 5.75 Å². The van der Waals surface area contributed by atoms with Crippen LogP contribution in [-0.4, -0.2) is 51.4 Å². The highest BCUT2D eigenvalue weighted by Gasteiger charge is 2.35. The lowest BCUT2D eigenvalue weighted by Crippen LogP contribution is -2.50. The predicted octanol–water partition coefficient (Wildman–Crippen LogP) is 4.41. The van der Waals surface area contributed by atoms with E-state index >= 15 is 0 Å². The number of methoxy groups -OCH3 is 1. The fourth-order valence-corrected chi connectivity index (χ4v) is 5.30. The highest BCUT2D eigenvalue weighted by atomic mass is 35.5. The van der Waals surface area contributed by atoms with Gasteiger partial charge < -0.3 is 9.64 Å². The number of aromatic amines is 1. The van der Waals surface area contributed by atoms with Crippen LogP contribution in [0.1, 0.15) is 38.5 Å². The molecule has 1 amide bonds. The van der Waals surface area contributed by atoms with Crippen molar-refractivity contribution < 1.29 is 9.53 Å². The third-order valence-corrected chi connectivity index (χ3v) is 6.84. The molecule has 1 N–H and O–H groups in total. The van der Waals surface area contributed by atoms with Crippen molar-refractivity contribution in [2.75, 3.05) is 19.4 Å².